The second kappa shape index (κ2) is 10.8. The van der Waals surface area contributed by atoms with Crippen molar-refractivity contribution in [2.45, 2.75) is 6.92 Å². The van der Waals surface area contributed by atoms with E-state index in [0.717, 1.165) is 28.0 Å². The quantitative estimate of drug-likeness (QED) is 0.346. The molecular weight excluding hydrogens is 406 g/mol. The monoisotopic (exact) mass is 433 g/mol. The van der Waals surface area contributed by atoms with Crippen molar-refractivity contribution >= 4 is 16.5 Å². The predicted molar refractivity (Wildman–Crippen MR) is 127 cm³/mol. The maximum atomic E-state index is 5.75. The fourth-order valence-corrected chi connectivity index (χ4v) is 3.11. The van der Waals surface area contributed by atoms with Crippen molar-refractivity contribution in [3.8, 4) is 28.9 Å². The van der Waals surface area contributed by atoms with Crippen LogP contribution < -0.4 is 24.3 Å². The standard InChI is InChI=1S/C15H12O2.C11H15NO3/c1-11-9-10-15(16-11)17-14-8-4-6-12-5-2-3-7-13(12)14;1-5-12-11-9(14-3)6-8(13-2)7-10(11)15-4/h2-10H,1H3;5-7,12H,1H2,2-4H3. The molecule has 1 N–H and O–H groups in total. The zero-order chi connectivity index (χ0) is 22.9. The lowest BCUT2D eigenvalue weighted by molar-refractivity contribution is 0.340. The van der Waals surface area contributed by atoms with E-state index in [9.17, 15) is 0 Å². The second-order valence-corrected chi connectivity index (χ2v) is 6.70. The molecule has 6 nitrogen and oxygen atoms in total. The molecule has 166 valence electrons. The van der Waals surface area contributed by atoms with Crippen LogP contribution in [-0.4, -0.2) is 21.3 Å². The zero-order valence-corrected chi connectivity index (χ0v) is 18.7. The van der Waals surface area contributed by atoms with Crippen LogP contribution in [0, 0.1) is 6.92 Å². The third-order valence-corrected chi connectivity index (χ3v) is 4.64. The lowest BCUT2D eigenvalue weighted by Gasteiger charge is -2.14. The molecule has 0 bridgehead atoms. The van der Waals surface area contributed by atoms with Gasteiger partial charge in [0.1, 0.15) is 34.4 Å². The summed E-state index contributed by atoms with van der Waals surface area (Å²) in [5, 5.41) is 5.20. The van der Waals surface area contributed by atoms with Gasteiger partial charge in [-0.15, -0.1) is 0 Å². The topological polar surface area (TPSA) is 62.1 Å². The maximum Gasteiger partial charge on any atom is 0.290 e. The molecule has 0 saturated heterocycles. The summed E-state index contributed by atoms with van der Waals surface area (Å²) in [7, 11) is 4.76. The average Bonchev–Trinajstić information content (AvgIpc) is 3.24. The van der Waals surface area contributed by atoms with Crippen molar-refractivity contribution in [2.24, 2.45) is 0 Å². The normalized spacial score (nSPS) is 10.0. The fourth-order valence-electron chi connectivity index (χ4n) is 3.11. The Morgan fingerprint density at radius 3 is 2.09 bits per heavy atom. The SMILES string of the molecule is C=CNc1c(OC)cc(OC)cc1OC.Cc1ccc(Oc2cccc3ccccc23)o1. The Bertz CT molecular complexity index is 1150. The van der Waals surface area contributed by atoms with Gasteiger partial charge < -0.3 is 28.7 Å². The van der Waals surface area contributed by atoms with Crippen LogP contribution in [0.2, 0.25) is 0 Å². The number of nitrogens with one attached hydrogen (secondary N) is 1. The minimum Gasteiger partial charge on any atom is -0.496 e. The number of aryl methyl sites for hydroxylation is 1. The van der Waals surface area contributed by atoms with E-state index >= 15 is 0 Å². The van der Waals surface area contributed by atoms with E-state index in [4.69, 9.17) is 23.4 Å². The molecule has 0 fully saturated rings. The van der Waals surface area contributed by atoms with Crippen molar-refractivity contribution in [1.29, 1.82) is 0 Å². The van der Waals surface area contributed by atoms with E-state index in [1.165, 1.54) is 0 Å². The lowest BCUT2D eigenvalue weighted by atomic mass is 10.1. The van der Waals surface area contributed by atoms with Crippen LogP contribution in [0.5, 0.6) is 28.9 Å². The summed E-state index contributed by atoms with van der Waals surface area (Å²) in [5.41, 5.74) is 0.732. The number of hydrogen-bond acceptors (Lipinski definition) is 6. The lowest BCUT2D eigenvalue weighted by Crippen LogP contribution is -1.97. The molecule has 4 rings (SSSR count). The molecule has 0 aliphatic rings. The molecule has 32 heavy (non-hydrogen) atoms. The van der Waals surface area contributed by atoms with Crippen LogP contribution >= 0.6 is 0 Å². The highest BCUT2D eigenvalue weighted by atomic mass is 16.6. The molecule has 0 amide bonds. The van der Waals surface area contributed by atoms with Gasteiger partial charge in [-0.1, -0.05) is 43.0 Å². The summed E-state index contributed by atoms with van der Waals surface area (Å²) in [6.07, 6.45) is 1.56. The van der Waals surface area contributed by atoms with E-state index in [0.29, 0.717) is 23.2 Å². The Kier molecular flexibility index (Phi) is 7.65. The molecule has 0 spiro atoms. The molecule has 0 aliphatic carbocycles. The summed E-state index contributed by atoms with van der Waals surface area (Å²) >= 11 is 0. The van der Waals surface area contributed by atoms with Gasteiger partial charge in [0.2, 0.25) is 0 Å². The highest BCUT2D eigenvalue weighted by Gasteiger charge is 2.11. The Balaban J connectivity index is 0.000000183. The molecule has 6 heteroatoms. The molecule has 0 radical (unpaired) electrons. The van der Waals surface area contributed by atoms with Gasteiger partial charge in [0.25, 0.3) is 5.95 Å². The highest BCUT2D eigenvalue weighted by molar-refractivity contribution is 5.88. The largest absolute Gasteiger partial charge is 0.496 e. The summed E-state index contributed by atoms with van der Waals surface area (Å²) < 4.78 is 26.7. The van der Waals surface area contributed by atoms with Crippen molar-refractivity contribution < 1.29 is 23.4 Å². The number of hydrogen-bond donors (Lipinski definition) is 1. The summed E-state index contributed by atoms with van der Waals surface area (Å²) in [5.74, 6) is 4.16. The van der Waals surface area contributed by atoms with E-state index < -0.39 is 0 Å². The number of fused-ring (bicyclic) bond motifs is 1. The minimum absolute atomic E-state index is 0.527. The van der Waals surface area contributed by atoms with E-state index in [1.54, 1.807) is 39.7 Å². The third kappa shape index (κ3) is 5.35. The smallest absolute Gasteiger partial charge is 0.290 e. The zero-order valence-electron chi connectivity index (χ0n) is 18.7. The third-order valence-electron chi connectivity index (χ3n) is 4.64. The fraction of sp³-hybridized carbons (Fsp3) is 0.154. The molecule has 1 aromatic heterocycles. The summed E-state index contributed by atoms with van der Waals surface area (Å²) in [6.45, 7) is 5.49. The van der Waals surface area contributed by atoms with Gasteiger partial charge in [0, 0.05) is 23.6 Å². The molecule has 4 aromatic rings. The summed E-state index contributed by atoms with van der Waals surface area (Å²) in [4.78, 5) is 0. The first-order valence-corrected chi connectivity index (χ1v) is 9.99. The molecule has 0 saturated carbocycles. The van der Waals surface area contributed by atoms with Crippen molar-refractivity contribution in [3.63, 3.8) is 0 Å². The van der Waals surface area contributed by atoms with Gasteiger partial charge in [-0.05, 0) is 30.6 Å². The van der Waals surface area contributed by atoms with Crippen LogP contribution in [0.3, 0.4) is 0 Å². The number of benzene rings is 3. The van der Waals surface area contributed by atoms with Crippen LogP contribution in [0.4, 0.5) is 5.69 Å². The molecule has 1 heterocycles. The Morgan fingerprint density at radius 1 is 0.812 bits per heavy atom. The first-order chi connectivity index (χ1) is 15.6. The van der Waals surface area contributed by atoms with Gasteiger partial charge in [-0.3, -0.25) is 0 Å². The van der Waals surface area contributed by atoms with E-state index in [2.05, 4.69) is 24.0 Å². The average molecular weight is 434 g/mol. The number of methoxy groups -OCH3 is 3. The van der Waals surface area contributed by atoms with Gasteiger partial charge in [-0.25, -0.2) is 0 Å². The van der Waals surface area contributed by atoms with E-state index in [1.807, 2.05) is 49.4 Å². The number of anilines is 1. The number of ether oxygens (including phenoxy) is 4. The first kappa shape index (κ1) is 22.6. The molecular formula is C26H27NO5. The highest BCUT2D eigenvalue weighted by Crippen LogP contribution is 2.38. The van der Waals surface area contributed by atoms with Gasteiger partial charge in [0.15, 0.2) is 0 Å². The minimum atomic E-state index is 0.527. The van der Waals surface area contributed by atoms with Gasteiger partial charge in [0.05, 0.1) is 21.3 Å². The van der Waals surface area contributed by atoms with Crippen LogP contribution in [0.1, 0.15) is 5.76 Å². The first-order valence-electron chi connectivity index (χ1n) is 9.99. The number of furan rings is 1. The van der Waals surface area contributed by atoms with Crippen LogP contribution in [0.25, 0.3) is 10.8 Å². The van der Waals surface area contributed by atoms with Crippen molar-refractivity contribution in [2.75, 3.05) is 26.6 Å². The Labute approximate surface area is 188 Å². The molecule has 0 unspecified atom stereocenters. The number of rotatable bonds is 7. The van der Waals surface area contributed by atoms with Gasteiger partial charge in [-0.2, -0.15) is 0 Å². The Hall–Kier alpha value is -4.06. The van der Waals surface area contributed by atoms with Gasteiger partial charge >= 0.3 is 0 Å². The Morgan fingerprint density at radius 2 is 1.50 bits per heavy atom. The molecule has 3 aromatic carbocycles. The predicted octanol–water partition coefficient (Wildman–Crippen LogP) is 6.80. The summed E-state index contributed by atoms with van der Waals surface area (Å²) in [6, 6.07) is 21.4. The second-order valence-electron chi connectivity index (χ2n) is 6.70. The molecule has 0 atom stereocenters. The van der Waals surface area contributed by atoms with E-state index in [-0.39, 0.29) is 0 Å². The maximum absolute atomic E-state index is 5.75. The van der Waals surface area contributed by atoms with Crippen LogP contribution in [-0.2, 0) is 0 Å². The van der Waals surface area contributed by atoms with Crippen molar-refractivity contribution in [1.82, 2.24) is 0 Å². The molecule has 0 aliphatic heterocycles. The van der Waals surface area contributed by atoms with Crippen LogP contribution in [0.15, 0.2) is 83.9 Å². The van der Waals surface area contributed by atoms with Crippen molar-refractivity contribution in [3.05, 3.63) is 85.3 Å².